The Morgan fingerprint density at radius 2 is 1.57 bits per heavy atom. The fourth-order valence-corrected chi connectivity index (χ4v) is 3.20. The second kappa shape index (κ2) is 5.14. The van der Waals surface area contributed by atoms with Crippen LogP contribution in [0.1, 0.15) is 17.3 Å². The SMILES string of the molecule is NS(=O)(=O)c1cc2c(cc1C(F)(F)F)NC(c1ccccc1)N2. The molecular weight excluding hydrogens is 331 g/mol. The summed E-state index contributed by atoms with van der Waals surface area (Å²) in [5, 5.41) is 10.8. The number of alkyl halides is 3. The first-order valence-electron chi connectivity index (χ1n) is 6.52. The highest BCUT2D eigenvalue weighted by Gasteiger charge is 2.38. The van der Waals surface area contributed by atoms with Crippen LogP contribution < -0.4 is 15.8 Å². The molecule has 0 saturated carbocycles. The quantitative estimate of drug-likeness (QED) is 0.783. The molecule has 0 radical (unpaired) electrons. The molecule has 1 unspecified atom stereocenters. The molecule has 0 amide bonds. The number of nitrogens with one attached hydrogen (secondary N) is 2. The van der Waals surface area contributed by atoms with Crippen molar-refractivity contribution in [2.75, 3.05) is 10.6 Å². The number of primary sulfonamides is 1. The minimum absolute atomic E-state index is 0.165. The van der Waals surface area contributed by atoms with Crippen LogP contribution in [0.3, 0.4) is 0 Å². The molecule has 3 rings (SSSR count). The molecule has 122 valence electrons. The number of hydrogen-bond donors (Lipinski definition) is 3. The van der Waals surface area contributed by atoms with Gasteiger partial charge in [-0.3, -0.25) is 0 Å². The van der Waals surface area contributed by atoms with E-state index in [9.17, 15) is 21.6 Å². The summed E-state index contributed by atoms with van der Waals surface area (Å²) in [5.74, 6) is 0. The second-order valence-electron chi connectivity index (χ2n) is 5.07. The lowest BCUT2D eigenvalue weighted by Gasteiger charge is -2.13. The average molecular weight is 343 g/mol. The summed E-state index contributed by atoms with van der Waals surface area (Å²) in [7, 11) is -4.51. The van der Waals surface area contributed by atoms with E-state index in [0.29, 0.717) is 0 Å². The number of hydrogen-bond acceptors (Lipinski definition) is 4. The molecule has 2 aromatic carbocycles. The first-order chi connectivity index (χ1) is 10.7. The summed E-state index contributed by atoms with van der Waals surface area (Å²) >= 11 is 0. The van der Waals surface area contributed by atoms with Gasteiger partial charge in [0.15, 0.2) is 0 Å². The standard InChI is InChI=1S/C14H12F3N3O2S/c15-14(16,17)9-6-10-11(7-12(9)23(18,21)22)20-13(19-10)8-4-2-1-3-5-8/h1-7,13,19-20H,(H2,18,21,22). The van der Waals surface area contributed by atoms with E-state index in [4.69, 9.17) is 5.14 Å². The minimum atomic E-state index is -4.83. The topological polar surface area (TPSA) is 84.2 Å². The van der Waals surface area contributed by atoms with E-state index < -0.39 is 32.8 Å². The van der Waals surface area contributed by atoms with Crippen molar-refractivity contribution < 1.29 is 21.6 Å². The fraction of sp³-hybridized carbons (Fsp3) is 0.143. The first-order valence-corrected chi connectivity index (χ1v) is 8.07. The summed E-state index contributed by atoms with van der Waals surface area (Å²) in [6.45, 7) is 0. The van der Waals surface area contributed by atoms with Gasteiger partial charge in [0.2, 0.25) is 10.0 Å². The van der Waals surface area contributed by atoms with E-state index >= 15 is 0 Å². The van der Waals surface area contributed by atoms with Gasteiger partial charge in [0.25, 0.3) is 0 Å². The number of benzene rings is 2. The zero-order valence-electron chi connectivity index (χ0n) is 11.6. The Balaban J connectivity index is 2.08. The maximum atomic E-state index is 13.1. The van der Waals surface area contributed by atoms with Crippen molar-refractivity contribution in [2.45, 2.75) is 17.2 Å². The zero-order chi connectivity index (χ0) is 16.8. The Hall–Kier alpha value is -2.26. The molecule has 1 atom stereocenters. The molecule has 9 heteroatoms. The zero-order valence-corrected chi connectivity index (χ0v) is 12.4. The van der Waals surface area contributed by atoms with Crippen molar-refractivity contribution in [2.24, 2.45) is 5.14 Å². The molecule has 1 heterocycles. The predicted molar refractivity (Wildman–Crippen MR) is 79.2 cm³/mol. The molecule has 0 saturated heterocycles. The highest BCUT2D eigenvalue weighted by molar-refractivity contribution is 7.89. The van der Waals surface area contributed by atoms with E-state index in [-0.39, 0.29) is 11.4 Å². The third-order valence-corrected chi connectivity index (χ3v) is 4.42. The Bertz CT molecular complexity index is 852. The normalized spacial score (nSPS) is 17.3. The second-order valence-corrected chi connectivity index (χ2v) is 6.60. The lowest BCUT2D eigenvalue weighted by molar-refractivity contribution is -0.139. The monoisotopic (exact) mass is 343 g/mol. The molecule has 2 aromatic rings. The molecule has 1 aliphatic rings. The molecule has 0 aliphatic carbocycles. The van der Waals surface area contributed by atoms with Crippen molar-refractivity contribution >= 4 is 21.4 Å². The Morgan fingerprint density at radius 1 is 1.00 bits per heavy atom. The number of halogens is 3. The lowest BCUT2D eigenvalue weighted by Crippen LogP contribution is -2.19. The van der Waals surface area contributed by atoms with Crippen LogP contribution >= 0.6 is 0 Å². The third kappa shape index (κ3) is 2.97. The minimum Gasteiger partial charge on any atom is -0.360 e. The van der Waals surface area contributed by atoms with Crippen molar-refractivity contribution in [3.63, 3.8) is 0 Å². The van der Waals surface area contributed by atoms with Gasteiger partial charge >= 0.3 is 6.18 Å². The number of sulfonamides is 1. The predicted octanol–water partition coefficient (Wildman–Crippen LogP) is 2.89. The van der Waals surface area contributed by atoms with E-state index in [1.807, 2.05) is 6.07 Å². The molecule has 1 aliphatic heterocycles. The molecule has 0 aromatic heterocycles. The van der Waals surface area contributed by atoms with Gasteiger partial charge in [-0.1, -0.05) is 30.3 Å². The van der Waals surface area contributed by atoms with Crippen LogP contribution in [0.2, 0.25) is 0 Å². The van der Waals surface area contributed by atoms with E-state index in [1.54, 1.807) is 24.3 Å². The average Bonchev–Trinajstić information content (AvgIpc) is 2.88. The van der Waals surface area contributed by atoms with Gasteiger partial charge in [-0.2, -0.15) is 13.2 Å². The number of fused-ring (bicyclic) bond motifs is 1. The van der Waals surface area contributed by atoms with Crippen molar-refractivity contribution in [1.29, 1.82) is 0 Å². The van der Waals surface area contributed by atoms with Crippen molar-refractivity contribution in [3.05, 3.63) is 53.6 Å². The maximum Gasteiger partial charge on any atom is 0.417 e. The molecule has 5 nitrogen and oxygen atoms in total. The summed E-state index contributed by atoms with van der Waals surface area (Å²) in [6.07, 6.45) is -5.29. The van der Waals surface area contributed by atoms with E-state index in [1.165, 1.54) is 0 Å². The van der Waals surface area contributed by atoms with Crippen LogP contribution in [0.4, 0.5) is 24.5 Å². The molecule has 4 N–H and O–H groups in total. The summed E-state index contributed by atoms with van der Waals surface area (Å²) in [6, 6.07) is 10.6. The van der Waals surface area contributed by atoms with Crippen LogP contribution in [0.25, 0.3) is 0 Å². The van der Waals surface area contributed by atoms with Gasteiger partial charge < -0.3 is 10.6 Å². The molecular formula is C14H12F3N3O2S. The molecule has 23 heavy (non-hydrogen) atoms. The highest BCUT2D eigenvalue weighted by atomic mass is 32.2. The molecule has 0 bridgehead atoms. The summed E-state index contributed by atoms with van der Waals surface area (Å²) < 4.78 is 62.3. The number of anilines is 2. The summed E-state index contributed by atoms with van der Waals surface area (Å²) in [5.41, 5.74) is -0.0781. The van der Waals surface area contributed by atoms with Gasteiger partial charge in [-0.15, -0.1) is 0 Å². The maximum absolute atomic E-state index is 13.1. The Labute approximate surface area is 130 Å². The largest absolute Gasteiger partial charge is 0.417 e. The number of rotatable bonds is 2. The van der Waals surface area contributed by atoms with Crippen LogP contribution in [0.15, 0.2) is 47.4 Å². The molecule has 0 spiro atoms. The Kier molecular flexibility index (Phi) is 3.49. The van der Waals surface area contributed by atoms with E-state index in [0.717, 1.165) is 17.7 Å². The highest BCUT2D eigenvalue weighted by Crippen LogP contribution is 2.43. The Morgan fingerprint density at radius 3 is 2.09 bits per heavy atom. The number of nitrogens with two attached hydrogens (primary N) is 1. The van der Waals surface area contributed by atoms with Crippen LogP contribution in [0.5, 0.6) is 0 Å². The van der Waals surface area contributed by atoms with Crippen molar-refractivity contribution in [3.8, 4) is 0 Å². The smallest absolute Gasteiger partial charge is 0.360 e. The van der Waals surface area contributed by atoms with E-state index in [2.05, 4.69) is 10.6 Å². The summed E-state index contributed by atoms with van der Waals surface area (Å²) in [4.78, 5) is -0.952. The van der Waals surface area contributed by atoms with Gasteiger partial charge in [-0.25, -0.2) is 13.6 Å². The van der Waals surface area contributed by atoms with Crippen LogP contribution in [0, 0.1) is 0 Å². The van der Waals surface area contributed by atoms with Gasteiger partial charge in [0, 0.05) is 0 Å². The van der Waals surface area contributed by atoms with Gasteiger partial charge in [0.05, 0.1) is 21.8 Å². The fourth-order valence-electron chi connectivity index (χ4n) is 2.43. The van der Waals surface area contributed by atoms with Gasteiger partial charge in [-0.05, 0) is 17.7 Å². The third-order valence-electron chi connectivity index (χ3n) is 3.46. The lowest BCUT2D eigenvalue weighted by atomic mass is 10.1. The van der Waals surface area contributed by atoms with Crippen molar-refractivity contribution in [1.82, 2.24) is 0 Å². The van der Waals surface area contributed by atoms with Crippen LogP contribution in [-0.2, 0) is 16.2 Å². The van der Waals surface area contributed by atoms with Crippen LogP contribution in [-0.4, -0.2) is 8.42 Å². The first kappa shape index (κ1) is 15.6. The molecule has 0 fully saturated rings. The van der Waals surface area contributed by atoms with Gasteiger partial charge in [0.1, 0.15) is 6.17 Å².